The SMILES string of the molecule is OCCOc1ccccc1.[NaH]. The van der Waals surface area contributed by atoms with E-state index in [1.807, 2.05) is 30.3 Å². The van der Waals surface area contributed by atoms with Crippen molar-refractivity contribution < 1.29 is 9.84 Å². The Bertz CT molecular complexity index is 177. The van der Waals surface area contributed by atoms with Crippen molar-refractivity contribution >= 4 is 29.6 Å². The molecule has 0 fully saturated rings. The fraction of sp³-hybridized carbons (Fsp3) is 0.250. The summed E-state index contributed by atoms with van der Waals surface area (Å²) in [5.74, 6) is 0.802. The van der Waals surface area contributed by atoms with Crippen molar-refractivity contribution in [2.75, 3.05) is 13.2 Å². The van der Waals surface area contributed by atoms with Crippen LogP contribution in [0.3, 0.4) is 0 Å². The van der Waals surface area contributed by atoms with Crippen molar-refractivity contribution in [3.63, 3.8) is 0 Å². The second kappa shape index (κ2) is 6.68. The van der Waals surface area contributed by atoms with E-state index in [1.165, 1.54) is 0 Å². The van der Waals surface area contributed by atoms with E-state index in [-0.39, 0.29) is 36.2 Å². The maximum absolute atomic E-state index is 8.40. The summed E-state index contributed by atoms with van der Waals surface area (Å²) >= 11 is 0. The maximum atomic E-state index is 8.40. The molecule has 0 unspecified atom stereocenters. The van der Waals surface area contributed by atoms with Crippen molar-refractivity contribution in [3.05, 3.63) is 30.3 Å². The van der Waals surface area contributed by atoms with Gasteiger partial charge in [-0.05, 0) is 12.1 Å². The summed E-state index contributed by atoms with van der Waals surface area (Å²) < 4.78 is 5.11. The van der Waals surface area contributed by atoms with E-state index in [0.29, 0.717) is 6.61 Å². The first-order valence-corrected chi connectivity index (χ1v) is 3.22. The minimum atomic E-state index is 0. The third-order valence-electron chi connectivity index (χ3n) is 1.10. The van der Waals surface area contributed by atoms with Crippen LogP contribution in [0, 0.1) is 0 Å². The molecule has 0 saturated carbocycles. The number of aliphatic hydroxyl groups excluding tert-OH is 1. The molecule has 0 aliphatic rings. The molecule has 1 N–H and O–H groups in total. The van der Waals surface area contributed by atoms with Crippen LogP contribution in [0.1, 0.15) is 0 Å². The summed E-state index contributed by atoms with van der Waals surface area (Å²) in [6.07, 6.45) is 0. The van der Waals surface area contributed by atoms with Crippen LogP contribution in [-0.4, -0.2) is 47.9 Å². The van der Waals surface area contributed by atoms with E-state index >= 15 is 0 Å². The van der Waals surface area contributed by atoms with Gasteiger partial charge < -0.3 is 9.84 Å². The van der Waals surface area contributed by atoms with Crippen molar-refractivity contribution in [1.82, 2.24) is 0 Å². The van der Waals surface area contributed by atoms with Crippen LogP contribution in [-0.2, 0) is 0 Å². The first kappa shape index (κ1) is 11.0. The van der Waals surface area contributed by atoms with Gasteiger partial charge in [0, 0.05) is 0 Å². The van der Waals surface area contributed by atoms with Crippen molar-refractivity contribution in [2.24, 2.45) is 0 Å². The van der Waals surface area contributed by atoms with Gasteiger partial charge in [0.25, 0.3) is 0 Å². The summed E-state index contributed by atoms with van der Waals surface area (Å²) in [7, 11) is 0. The second-order valence-corrected chi connectivity index (χ2v) is 1.89. The van der Waals surface area contributed by atoms with Gasteiger partial charge in [-0.1, -0.05) is 18.2 Å². The van der Waals surface area contributed by atoms with E-state index in [1.54, 1.807) is 0 Å². The Morgan fingerprint density at radius 3 is 2.36 bits per heavy atom. The summed E-state index contributed by atoms with van der Waals surface area (Å²) in [4.78, 5) is 0. The molecule has 0 amide bonds. The summed E-state index contributed by atoms with van der Waals surface area (Å²) in [5, 5.41) is 8.40. The van der Waals surface area contributed by atoms with Gasteiger partial charge >= 0.3 is 29.6 Å². The average Bonchev–Trinajstić information content (AvgIpc) is 2.03. The van der Waals surface area contributed by atoms with Gasteiger partial charge in [-0.25, -0.2) is 0 Å². The molecule has 1 aromatic rings. The van der Waals surface area contributed by atoms with Crippen molar-refractivity contribution in [1.29, 1.82) is 0 Å². The number of hydrogen-bond donors (Lipinski definition) is 1. The van der Waals surface area contributed by atoms with E-state index in [4.69, 9.17) is 9.84 Å². The summed E-state index contributed by atoms with van der Waals surface area (Å²) in [6, 6.07) is 9.43. The predicted octanol–water partition coefficient (Wildman–Crippen LogP) is 0.409. The molecule has 0 radical (unpaired) electrons. The molecule has 0 aliphatic heterocycles. The molecule has 1 rings (SSSR count). The molecule has 2 nitrogen and oxygen atoms in total. The standard InChI is InChI=1S/C8H10O2.Na.H/c9-6-7-10-8-4-2-1-3-5-8;;/h1-5,9H,6-7H2;;. The van der Waals surface area contributed by atoms with E-state index in [9.17, 15) is 0 Å². The zero-order valence-corrected chi connectivity index (χ0v) is 5.66. The monoisotopic (exact) mass is 162 g/mol. The van der Waals surface area contributed by atoms with Crippen LogP contribution in [0.2, 0.25) is 0 Å². The van der Waals surface area contributed by atoms with Crippen molar-refractivity contribution in [2.45, 2.75) is 0 Å². The molecule has 0 spiro atoms. The number of rotatable bonds is 3. The van der Waals surface area contributed by atoms with Gasteiger partial charge in [0.15, 0.2) is 0 Å². The number of para-hydroxylation sites is 1. The Morgan fingerprint density at radius 1 is 1.18 bits per heavy atom. The minimum absolute atomic E-state index is 0. The molecule has 0 aliphatic carbocycles. The van der Waals surface area contributed by atoms with Gasteiger partial charge in [-0.2, -0.15) is 0 Å². The first-order chi connectivity index (χ1) is 4.93. The number of aliphatic hydroxyl groups is 1. The van der Waals surface area contributed by atoms with Crippen LogP contribution in [0.4, 0.5) is 0 Å². The molecular weight excluding hydrogens is 151 g/mol. The van der Waals surface area contributed by atoms with E-state index in [2.05, 4.69) is 0 Å². The van der Waals surface area contributed by atoms with E-state index in [0.717, 1.165) is 5.75 Å². The van der Waals surface area contributed by atoms with Crippen LogP contribution in [0.5, 0.6) is 5.75 Å². The summed E-state index contributed by atoms with van der Waals surface area (Å²) in [5.41, 5.74) is 0. The molecule has 0 atom stereocenters. The Morgan fingerprint density at radius 2 is 1.82 bits per heavy atom. The summed E-state index contributed by atoms with van der Waals surface area (Å²) in [6.45, 7) is 0.429. The van der Waals surface area contributed by atoms with Gasteiger partial charge in [0.2, 0.25) is 0 Å². The Labute approximate surface area is 88.5 Å². The molecule has 0 saturated heterocycles. The van der Waals surface area contributed by atoms with Crippen LogP contribution < -0.4 is 4.74 Å². The predicted molar refractivity (Wildman–Crippen MR) is 46.2 cm³/mol. The molecule has 1 aromatic carbocycles. The van der Waals surface area contributed by atoms with E-state index < -0.39 is 0 Å². The molecule has 0 aromatic heterocycles. The average molecular weight is 162 g/mol. The Hall–Kier alpha value is -0.0200. The van der Waals surface area contributed by atoms with Gasteiger partial charge in [0.1, 0.15) is 12.4 Å². The first-order valence-electron chi connectivity index (χ1n) is 3.22. The zero-order valence-electron chi connectivity index (χ0n) is 5.66. The molecule has 11 heavy (non-hydrogen) atoms. The molecule has 56 valence electrons. The quantitative estimate of drug-likeness (QED) is 0.652. The van der Waals surface area contributed by atoms with Gasteiger partial charge in [-0.15, -0.1) is 0 Å². The van der Waals surface area contributed by atoms with Crippen LogP contribution in [0.15, 0.2) is 30.3 Å². The fourth-order valence-electron chi connectivity index (χ4n) is 0.680. The third-order valence-corrected chi connectivity index (χ3v) is 1.10. The van der Waals surface area contributed by atoms with Crippen LogP contribution in [0.25, 0.3) is 0 Å². The van der Waals surface area contributed by atoms with Gasteiger partial charge in [-0.3, -0.25) is 0 Å². The second-order valence-electron chi connectivity index (χ2n) is 1.89. The fourth-order valence-corrected chi connectivity index (χ4v) is 0.680. The number of hydrogen-bond acceptors (Lipinski definition) is 2. The molecule has 0 bridgehead atoms. The normalized spacial score (nSPS) is 8.45. The number of benzene rings is 1. The topological polar surface area (TPSA) is 29.5 Å². The van der Waals surface area contributed by atoms with Crippen molar-refractivity contribution in [3.8, 4) is 5.75 Å². The Balaban J connectivity index is 0.000001000. The molecule has 3 heteroatoms. The molecular formula is C8H11NaO2. The third kappa shape index (κ3) is 4.43. The van der Waals surface area contributed by atoms with Gasteiger partial charge in [0.05, 0.1) is 6.61 Å². The van der Waals surface area contributed by atoms with Crippen LogP contribution >= 0.6 is 0 Å². The Kier molecular flexibility index (Phi) is 6.66. The zero-order chi connectivity index (χ0) is 7.23. The molecule has 0 heterocycles. The number of ether oxygens (including phenoxy) is 1.